The fourth-order valence-corrected chi connectivity index (χ4v) is 4.10. The molecule has 124 valence electrons. The van der Waals surface area contributed by atoms with Crippen LogP contribution in [-0.2, 0) is 0 Å². The molecule has 25 heavy (non-hydrogen) atoms. The Bertz CT molecular complexity index is 1090. The van der Waals surface area contributed by atoms with Crippen molar-refractivity contribution in [1.82, 2.24) is 0 Å². The summed E-state index contributed by atoms with van der Waals surface area (Å²) in [5, 5.41) is 1.57. The molecule has 0 radical (unpaired) electrons. The van der Waals surface area contributed by atoms with Crippen LogP contribution in [0.3, 0.4) is 0 Å². The quantitative estimate of drug-likeness (QED) is 0.443. The van der Waals surface area contributed by atoms with Gasteiger partial charge in [0.1, 0.15) is 10.8 Å². The zero-order valence-electron chi connectivity index (χ0n) is 13.1. The van der Waals surface area contributed by atoms with Crippen LogP contribution in [-0.4, -0.2) is 0 Å². The van der Waals surface area contributed by atoms with E-state index in [1.54, 1.807) is 12.1 Å². The third kappa shape index (κ3) is 2.73. The van der Waals surface area contributed by atoms with Crippen LogP contribution in [0.25, 0.3) is 32.3 Å². The predicted octanol–water partition coefficient (Wildman–Crippen LogP) is 6.19. The lowest BCUT2D eigenvalue weighted by Crippen LogP contribution is -1.89. The number of nitrogens with two attached hydrogens (primary N) is 2. The van der Waals surface area contributed by atoms with Gasteiger partial charge in [-0.3, -0.25) is 0 Å². The molecule has 4 aromatic rings. The van der Waals surface area contributed by atoms with Crippen molar-refractivity contribution in [3.8, 4) is 22.3 Å². The molecule has 0 saturated carbocycles. The van der Waals surface area contributed by atoms with Gasteiger partial charge in [0.05, 0.1) is 10.7 Å². The molecule has 0 spiro atoms. The molecule has 4 N–H and O–H groups in total. The largest absolute Gasteiger partial charge is 0.396 e. The van der Waals surface area contributed by atoms with Crippen LogP contribution < -0.4 is 11.5 Å². The summed E-state index contributed by atoms with van der Waals surface area (Å²) >= 11 is 7.42. The van der Waals surface area contributed by atoms with Crippen molar-refractivity contribution in [2.24, 2.45) is 0 Å². The lowest BCUT2D eigenvalue weighted by molar-refractivity contribution is 0.628. The fraction of sp³-hybridized carbons (Fsp3) is 0. The Morgan fingerprint density at radius 1 is 0.840 bits per heavy atom. The molecule has 3 aromatic carbocycles. The van der Waals surface area contributed by atoms with Crippen LogP contribution in [0, 0.1) is 5.82 Å². The zero-order chi connectivity index (χ0) is 17.6. The third-order valence-electron chi connectivity index (χ3n) is 4.19. The van der Waals surface area contributed by atoms with Crippen LogP contribution in [0.15, 0.2) is 60.7 Å². The smallest absolute Gasteiger partial charge is 0.141 e. The molecule has 0 saturated heterocycles. The Hall–Kier alpha value is -2.56. The molecule has 2 nitrogen and oxygen atoms in total. The first-order valence-corrected chi connectivity index (χ1v) is 8.86. The van der Waals surface area contributed by atoms with E-state index in [0.717, 1.165) is 32.3 Å². The number of fused-ring (bicyclic) bond motifs is 1. The van der Waals surface area contributed by atoms with Crippen molar-refractivity contribution in [2.45, 2.75) is 0 Å². The predicted molar refractivity (Wildman–Crippen MR) is 106 cm³/mol. The molecule has 0 amide bonds. The molecule has 0 unspecified atom stereocenters. The summed E-state index contributed by atoms with van der Waals surface area (Å²) in [6.45, 7) is 0. The maximum Gasteiger partial charge on any atom is 0.141 e. The van der Waals surface area contributed by atoms with Crippen LogP contribution >= 0.6 is 22.9 Å². The SMILES string of the molecule is Nc1sc2c(-c3ccc(F)c(Cl)c3)cc(-c3ccccc3)cc2c1N. The first-order valence-electron chi connectivity index (χ1n) is 7.67. The van der Waals surface area contributed by atoms with Crippen molar-refractivity contribution < 1.29 is 4.39 Å². The van der Waals surface area contributed by atoms with E-state index in [4.69, 9.17) is 23.1 Å². The fourth-order valence-electron chi connectivity index (χ4n) is 2.91. The van der Waals surface area contributed by atoms with Gasteiger partial charge >= 0.3 is 0 Å². The maximum absolute atomic E-state index is 13.6. The summed E-state index contributed by atoms with van der Waals surface area (Å²) in [5.41, 5.74) is 16.7. The molecule has 5 heteroatoms. The van der Waals surface area contributed by atoms with Gasteiger partial charge in [-0.1, -0.05) is 48.0 Å². The van der Waals surface area contributed by atoms with Crippen molar-refractivity contribution in [1.29, 1.82) is 0 Å². The van der Waals surface area contributed by atoms with Crippen molar-refractivity contribution in [3.63, 3.8) is 0 Å². The number of hydrogen-bond donors (Lipinski definition) is 2. The van der Waals surface area contributed by atoms with Crippen LogP contribution in [0.2, 0.25) is 5.02 Å². The first kappa shape index (κ1) is 15.9. The van der Waals surface area contributed by atoms with Gasteiger partial charge in [0.25, 0.3) is 0 Å². The Labute approximate surface area is 153 Å². The van der Waals surface area contributed by atoms with Gasteiger partial charge in [0.2, 0.25) is 0 Å². The number of nitrogen functional groups attached to an aromatic ring is 2. The highest BCUT2D eigenvalue weighted by atomic mass is 35.5. The molecule has 4 rings (SSSR count). The van der Waals surface area contributed by atoms with E-state index in [2.05, 4.69) is 6.07 Å². The number of hydrogen-bond acceptors (Lipinski definition) is 3. The second-order valence-electron chi connectivity index (χ2n) is 5.78. The molecule has 0 aliphatic heterocycles. The molecule has 0 atom stereocenters. The molecule has 1 heterocycles. The van der Waals surface area contributed by atoms with Crippen LogP contribution in [0.4, 0.5) is 15.1 Å². The summed E-state index contributed by atoms with van der Waals surface area (Å²) in [7, 11) is 0. The minimum Gasteiger partial charge on any atom is -0.396 e. The van der Waals surface area contributed by atoms with Gasteiger partial charge in [-0.25, -0.2) is 4.39 Å². The molecule has 0 fully saturated rings. The second-order valence-corrected chi connectivity index (χ2v) is 7.23. The molecule has 0 aliphatic carbocycles. The third-order valence-corrected chi connectivity index (χ3v) is 5.57. The summed E-state index contributed by atoms with van der Waals surface area (Å²) in [6, 6.07) is 18.8. The van der Waals surface area contributed by atoms with E-state index in [0.29, 0.717) is 10.7 Å². The number of rotatable bonds is 2. The van der Waals surface area contributed by atoms with E-state index in [-0.39, 0.29) is 5.02 Å². The van der Waals surface area contributed by atoms with E-state index in [1.807, 2.05) is 36.4 Å². The van der Waals surface area contributed by atoms with E-state index < -0.39 is 5.82 Å². The van der Waals surface area contributed by atoms with Crippen LogP contribution in [0.5, 0.6) is 0 Å². The summed E-state index contributed by atoms with van der Waals surface area (Å²) < 4.78 is 14.5. The number of benzene rings is 3. The van der Waals surface area contributed by atoms with E-state index >= 15 is 0 Å². The molecule has 0 aliphatic rings. The first-order chi connectivity index (χ1) is 12.0. The van der Waals surface area contributed by atoms with Crippen LogP contribution in [0.1, 0.15) is 0 Å². The highest BCUT2D eigenvalue weighted by Crippen LogP contribution is 2.44. The Morgan fingerprint density at radius 2 is 1.60 bits per heavy atom. The van der Waals surface area contributed by atoms with Gasteiger partial charge in [-0.2, -0.15) is 0 Å². The normalized spacial score (nSPS) is 11.1. The average molecular weight is 369 g/mol. The van der Waals surface area contributed by atoms with Crippen molar-refractivity contribution in [3.05, 3.63) is 71.5 Å². The van der Waals surface area contributed by atoms with E-state index in [9.17, 15) is 4.39 Å². The Kier molecular flexibility index (Phi) is 3.86. The highest BCUT2D eigenvalue weighted by Gasteiger charge is 2.15. The average Bonchev–Trinajstić information content (AvgIpc) is 2.92. The Morgan fingerprint density at radius 3 is 2.32 bits per heavy atom. The second kappa shape index (κ2) is 6.06. The standard InChI is InChI=1S/C20H14ClFN2S/c21-16-10-12(6-7-17(16)22)14-8-13(11-4-2-1-3-5-11)9-15-18(23)20(24)25-19(14)15/h1-10H,23-24H2. The van der Waals surface area contributed by atoms with E-state index in [1.165, 1.54) is 17.4 Å². The van der Waals surface area contributed by atoms with Gasteiger partial charge < -0.3 is 11.5 Å². The number of thiophene rings is 1. The highest BCUT2D eigenvalue weighted by molar-refractivity contribution is 7.24. The van der Waals surface area contributed by atoms with Crippen molar-refractivity contribution >= 4 is 43.7 Å². The lowest BCUT2D eigenvalue weighted by Gasteiger charge is -2.09. The molecular weight excluding hydrogens is 355 g/mol. The van der Waals surface area contributed by atoms with Gasteiger partial charge in [0, 0.05) is 15.6 Å². The minimum absolute atomic E-state index is 0.0910. The molecular formula is C20H14ClFN2S. The summed E-state index contributed by atoms with van der Waals surface area (Å²) in [5.74, 6) is -0.439. The maximum atomic E-state index is 13.6. The summed E-state index contributed by atoms with van der Waals surface area (Å²) in [4.78, 5) is 0. The molecule has 1 aromatic heterocycles. The Balaban J connectivity index is 2.04. The topological polar surface area (TPSA) is 52.0 Å². The van der Waals surface area contributed by atoms with Gasteiger partial charge in [-0.05, 0) is 41.0 Å². The zero-order valence-corrected chi connectivity index (χ0v) is 14.7. The van der Waals surface area contributed by atoms with Crippen molar-refractivity contribution in [2.75, 3.05) is 11.5 Å². The number of halogens is 2. The lowest BCUT2D eigenvalue weighted by atomic mass is 9.97. The van der Waals surface area contributed by atoms with Gasteiger partial charge in [0.15, 0.2) is 0 Å². The van der Waals surface area contributed by atoms with Gasteiger partial charge in [-0.15, -0.1) is 11.3 Å². The molecule has 0 bridgehead atoms. The summed E-state index contributed by atoms with van der Waals surface area (Å²) in [6.07, 6.45) is 0. The monoisotopic (exact) mass is 368 g/mol. The minimum atomic E-state index is -0.439. The number of anilines is 2.